The van der Waals surface area contributed by atoms with E-state index in [-0.39, 0.29) is 18.0 Å². The van der Waals surface area contributed by atoms with Crippen LogP contribution in [0.3, 0.4) is 0 Å². The van der Waals surface area contributed by atoms with Crippen LogP contribution in [-0.2, 0) is 16.4 Å². The molecule has 0 bridgehead atoms. The summed E-state index contributed by atoms with van der Waals surface area (Å²) in [5.41, 5.74) is 6.90. The monoisotopic (exact) mass is 353 g/mol. The quantitative estimate of drug-likeness (QED) is 0.749. The van der Waals surface area contributed by atoms with Crippen molar-refractivity contribution in [2.24, 2.45) is 5.73 Å². The second kappa shape index (κ2) is 8.18. The first-order valence-corrected chi connectivity index (χ1v) is 8.96. The molecule has 0 aliphatic rings. The van der Waals surface area contributed by atoms with Crippen molar-refractivity contribution in [3.8, 4) is 5.75 Å². The van der Waals surface area contributed by atoms with Crippen LogP contribution in [0, 0.1) is 5.82 Å². The molecule has 0 saturated heterocycles. The first kappa shape index (κ1) is 18.3. The Balaban J connectivity index is 1.87. The van der Waals surface area contributed by atoms with Gasteiger partial charge in [0, 0.05) is 12.7 Å². The van der Waals surface area contributed by atoms with Gasteiger partial charge >= 0.3 is 0 Å². The highest BCUT2D eigenvalue weighted by Crippen LogP contribution is 2.12. The number of sulfonamides is 1. The van der Waals surface area contributed by atoms with Crippen molar-refractivity contribution < 1.29 is 17.5 Å². The van der Waals surface area contributed by atoms with Gasteiger partial charge in [0.2, 0.25) is 10.0 Å². The fourth-order valence-corrected chi connectivity index (χ4v) is 3.06. The van der Waals surface area contributed by atoms with Crippen LogP contribution in [0.1, 0.15) is 12.5 Å². The lowest BCUT2D eigenvalue weighted by atomic mass is 10.2. The summed E-state index contributed by atoms with van der Waals surface area (Å²) in [5, 5.41) is 0. The molecule has 1 aromatic carbocycles. The third-order valence-corrected chi connectivity index (χ3v) is 4.71. The molecule has 24 heavy (non-hydrogen) atoms. The fraction of sp³-hybridized carbons (Fsp3) is 0.312. The topological polar surface area (TPSA) is 94.3 Å². The highest BCUT2D eigenvalue weighted by molar-refractivity contribution is 7.89. The predicted molar refractivity (Wildman–Crippen MR) is 88.7 cm³/mol. The van der Waals surface area contributed by atoms with E-state index in [0.29, 0.717) is 5.75 Å². The lowest BCUT2D eigenvalue weighted by molar-refractivity contribution is 0.287. The molecule has 3 N–H and O–H groups in total. The highest BCUT2D eigenvalue weighted by Gasteiger charge is 2.16. The average molecular weight is 353 g/mol. The lowest BCUT2D eigenvalue weighted by Gasteiger charge is -2.14. The number of nitrogens with two attached hydrogens (primary N) is 1. The standard InChI is InChI=1S/C16H20FN3O3S/c1-2-12-6-15(10-19-8-12)23-11-14(18)9-20-24(21,22)16-5-3-4-13(17)7-16/h3-8,10,14,20H,2,9,11,18H2,1H3/t14-/m0/s1. The van der Waals surface area contributed by atoms with Crippen LogP contribution in [-0.4, -0.2) is 32.6 Å². The molecule has 8 heteroatoms. The Morgan fingerprint density at radius 1 is 1.33 bits per heavy atom. The molecule has 0 aliphatic carbocycles. The van der Waals surface area contributed by atoms with Crippen LogP contribution in [0.2, 0.25) is 0 Å². The Labute approximate surface area is 140 Å². The average Bonchev–Trinajstić information content (AvgIpc) is 2.58. The molecule has 0 radical (unpaired) electrons. The summed E-state index contributed by atoms with van der Waals surface area (Å²) in [6.45, 7) is 2.11. The molecule has 0 amide bonds. The summed E-state index contributed by atoms with van der Waals surface area (Å²) < 4.78 is 45.1. The number of ether oxygens (including phenoxy) is 1. The van der Waals surface area contributed by atoms with Gasteiger partial charge in [0.15, 0.2) is 0 Å². The van der Waals surface area contributed by atoms with Crippen molar-refractivity contribution in [1.82, 2.24) is 9.71 Å². The van der Waals surface area contributed by atoms with Crippen LogP contribution >= 0.6 is 0 Å². The Bertz CT molecular complexity index is 784. The third kappa shape index (κ3) is 5.26. The number of aromatic nitrogens is 1. The van der Waals surface area contributed by atoms with E-state index in [1.807, 2.05) is 13.0 Å². The molecule has 0 aliphatic heterocycles. The number of hydrogen-bond acceptors (Lipinski definition) is 5. The number of halogens is 1. The van der Waals surface area contributed by atoms with Crippen LogP contribution in [0.25, 0.3) is 0 Å². The van der Waals surface area contributed by atoms with Crippen LogP contribution in [0.5, 0.6) is 5.75 Å². The number of pyridine rings is 1. The summed E-state index contributed by atoms with van der Waals surface area (Å²) in [5.74, 6) is -0.0356. The van der Waals surface area contributed by atoms with Gasteiger partial charge < -0.3 is 10.5 Å². The number of nitrogens with one attached hydrogen (secondary N) is 1. The zero-order chi connectivity index (χ0) is 17.6. The minimum Gasteiger partial charge on any atom is -0.490 e. The van der Waals surface area contributed by atoms with Crippen molar-refractivity contribution >= 4 is 10.0 Å². The van der Waals surface area contributed by atoms with Gasteiger partial charge in [0.1, 0.15) is 18.2 Å². The van der Waals surface area contributed by atoms with Crippen LogP contribution < -0.4 is 15.2 Å². The van der Waals surface area contributed by atoms with E-state index in [2.05, 4.69) is 9.71 Å². The molecule has 0 saturated carbocycles. The zero-order valence-electron chi connectivity index (χ0n) is 13.3. The maximum absolute atomic E-state index is 13.1. The normalized spacial score (nSPS) is 12.8. The highest BCUT2D eigenvalue weighted by atomic mass is 32.2. The van der Waals surface area contributed by atoms with Gasteiger partial charge in [-0.05, 0) is 36.2 Å². The maximum Gasteiger partial charge on any atom is 0.240 e. The van der Waals surface area contributed by atoms with Crippen molar-refractivity contribution in [2.75, 3.05) is 13.2 Å². The smallest absolute Gasteiger partial charge is 0.240 e. The van der Waals surface area contributed by atoms with E-state index >= 15 is 0 Å². The van der Waals surface area contributed by atoms with Gasteiger partial charge in [-0.25, -0.2) is 17.5 Å². The Hall–Kier alpha value is -2.03. The predicted octanol–water partition coefficient (Wildman–Crippen LogP) is 1.47. The minimum absolute atomic E-state index is 0.0280. The first-order valence-electron chi connectivity index (χ1n) is 7.48. The SMILES string of the molecule is CCc1cncc(OC[C@@H](N)CNS(=O)(=O)c2cccc(F)c2)c1. The molecule has 0 fully saturated rings. The summed E-state index contributed by atoms with van der Waals surface area (Å²) in [6, 6.07) is 6.08. The van der Waals surface area contributed by atoms with Gasteiger partial charge in [0.05, 0.1) is 17.1 Å². The molecule has 130 valence electrons. The van der Waals surface area contributed by atoms with E-state index in [1.165, 1.54) is 18.2 Å². The van der Waals surface area contributed by atoms with Crippen molar-refractivity contribution in [1.29, 1.82) is 0 Å². The van der Waals surface area contributed by atoms with Gasteiger partial charge in [-0.15, -0.1) is 0 Å². The Kier molecular flexibility index (Phi) is 6.24. The molecule has 1 aromatic heterocycles. The van der Waals surface area contributed by atoms with Gasteiger partial charge in [-0.1, -0.05) is 13.0 Å². The molecule has 1 heterocycles. The number of nitrogens with zero attached hydrogens (tertiary/aromatic N) is 1. The molecular weight excluding hydrogens is 333 g/mol. The van der Waals surface area contributed by atoms with Gasteiger partial charge in [-0.2, -0.15) is 0 Å². The molecule has 2 rings (SSSR count). The Morgan fingerprint density at radius 3 is 2.83 bits per heavy atom. The lowest BCUT2D eigenvalue weighted by Crippen LogP contribution is -2.40. The molecule has 1 atom stereocenters. The fourth-order valence-electron chi connectivity index (χ4n) is 1.93. The van der Waals surface area contributed by atoms with Gasteiger partial charge in [-0.3, -0.25) is 4.98 Å². The molecular formula is C16H20FN3O3S. The maximum atomic E-state index is 13.1. The Morgan fingerprint density at radius 2 is 2.12 bits per heavy atom. The van der Waals surface area contributed by atoms with Crippen LogP contribution in [0.4, 0.5) is 4.39 Å². The van der Waals surface area contributed by atoms with Crippen LogP contribution in [0.15, 0.2) is 47.6 Å². The van der Waals surface area contributed by atoms with Crippen molar-refractivity contribution in [2.45, 2.75) is 24.3 Å². The first-order chi connectivity index (χ1) is 11.4. The van der Waals surface area contributed by atoms with Crippen molar-refractivity contribution in [3.05, 3.63) is 54.1 Å². The van der Waals surface area contributed by atoms with E-state index < -0.39 is 21.9 Å². The van der Waals surface area contributed by atoms with Gasteiger partial charge in [0.25, 0.3) is 0 Å². The molecule has 0 unspecified atom stereocenters. The van der Waals surface area contributed by atoms with E-state index in [9.17, 15) is 12.8 Å². The number of benzene rings is 1. The summed E-state index contributed by atoms with van der Waals surface area (Å²) >= 11 is 0. The van der Waals surface area contributed by atoms with E-state index in [0.717, 1.165) is 18.1 Å². The summed E-state index contributed by atoms with van der Waals surface area (Å²) in [6.07, 6.45) is 4.16. The van der Waals surface area contributed by atoms with E-state index in [1.54, 1.807) is 12.4 Å². The molecule has 2 aromatic rings. The second-order valence-corrected chi connectivity index (χ2v) is 7.03. The summed E-state index contributed by atoms with van der Waals surface area (Å²) in [4.78, 5) is 3.91. The largest absolute Gasteiger partial charge is 0.490 e. The van der Waals surface area contributed by atoms with Crippen molar-refractivity contribution in [3.63, 3.8) is 0 Å². The molecule has 0 spiro atoms. The number of hydrogen-bond donors (Lipinski definition) is 2. The molecule has 6 nitrogen and oxygen atoms in total. The summed E-state index contributed by atoms with van der Waals surface area (Å²) in [7, 11) is -3.81. The number of aryl methyl sites for hydroxylation is 1. The number of rotatable bonds is 8. The van der Waals surface area contributed by atoms with E-state index in [4.69, 9.17) is 10.5 Å². The second-order valence-electron chi connectivity index (χ2n) is 5.26. The zero-order valence-corrected chi connectivity index (χ0v) is 14.1. The third-order valence-electron chi connectivity index (χ3n) is 3.28. The minimum atomic E-state index is -3.81.